The maximum absolute atomic E-state index is 3.36. The molecule has 0 spiro atoms. The summed E-state index contributed by atoms with van der Waals surface area (Å²) in [6, 6.07) is 4.04. The van der Waals surface area contributed by atoms with Gasteiger partial charge in [0.15, 0.2) is 0 Å². The smallest absolute Gasteiger partial charge is 0.00934 e. The number of allylic oxidation sites excluding steroid dienone is 1. The Balaban J connectivity index is 0.000000145. The molecule has 0 aliphatic heterocycles. The van der Waals surface area contributed by atoms with Crippen molar-refractivity contribution < 1.29 is 0 Å². The van der Waals surface area contributed by atoms with Crippen molar-refractivity contribution in [3.8, 4) is 0 Å². The van der Waals surface area contributed by atoms with Crippen LogP contribution in [0, 0.1) is 0 Å². The summed E-state index contributed by atoms with van der Waals surface area (Å²) in [6.07, 6.45) is 1.75. The van der Waals surface area contributed by atoms with Crippen LogP contribution in [0.5, 0.6) is 0 Å². The normalized spacial score (nSPS) is 6.62. The van der Waals surface area contributed by atoms with E-state index in [1.165, 1.54) is 0 Å². The van der Waals surface area contributed by atoms with Crippen molar-refractivity contribution in [2.45, 2.75) is 6.92 Å². The summed E-state index contributed by atoms with van der Waals surface area (Å²) in [6.45, 7) is 5.25. The van der Waals surface area contributed by atoms with Crippen LogP contribution >= 0.6 is 11.3 Å². The van der Waals surface area contributed by atoms with Gasteiger partial charge in [0.05, 0.1) is 0 Å². The third-order valence-corrected chi connectivity index (χ3v) is 1.05. The summed E-state index contributed by atoms with van der Waals surface area (Å²) in [4.78, 5) is 0. The van der Waals surface area contributed by atoms with E-state index < -0.39 is 0 Å². The molecule has 1 aromatic rings. The first kappa shape index (κ1) is 7.44. The Morgan fingerprint density at radius 2 is 1.75 bits per heavy atom. The first-order valence-electron chi connectivity index (χ1n) is 2.46. The standard InChI is InChI=1S/C4H4S.C3H6/c1-2-4-5-3-1;1-3-2/h1-4H;3H,1H2,2H3. The van der Waals surface area contributed by atoms with E-state index in [-0.39, 0.29) is 0 Å². The maximum atomic E-state index is 3.36. The molecule has 0 aliphatic carbocycles. The Morgan fingerprint density at radius 3 is 1.88 bits per heavy atom. The van der Waals surface area contributed by atoms with E-state index in [2.05, 4.69) is 6.58 Å². The Labute approximate surface area is 54.5 Å². The molecule has 1 heterocycles. The van der Waals surface area contributed by atoms with E-state index in [4.69, 9.17) is 0 Å². The zero-order chi connectivity index (χ0) is 6.24. The fourth-order valence-corrected chi connectivity index (χ4v) is 0.680. The van der Waals surface area contributed by atoms with E-state index in [0.29, 0.717) is 0 Å². The highest BCUT2D eigenvalue weighted by atomic mass is 32.1. The van der Waals surface area contributed by atoms with Gasteiger partial charge in [0.1, 0.15) is 0 Å². The highest BCUT2D eigenvalue weighted by molar-refractivity contribution is 7.07. The van der Waals surface area contributed by atoms with Crippen molar-refractivity contribution in [1.82, 2.24) is 0 Å². The molecule has 0 unspecified atom stereocenters. The predicted octanol–water partition coefficient (Wildman–Crippen LogP) is 2.94. The molecule has 8 heavy (non-hydrogen) atoms. The average Bonchev–Trinajstić information content (AvgIpc) is 2.17. The maximum Gasteiger partial charge on any atom is -0.00934 e. The lowest BCUT2D eigenvalue weighted by atomic mass is 10.7. The van der Waals surface area contributed by atoms with Crippen LogP contribution in [0.1, 0.15) is 6.92 Å². The van der Waals surface area contributed by atoms with Gasteiger partial charge in [-0.3, -0.25) is 0 Å². The van der Waals surface area contributed by atoms with Crippen molar-refractivity contribution in [2.24, 2.45) is 0 Å². The van der Waals surface area contributed by atoms with Gasteiger partial charge in [-0.05, 0) is 17.7 Å². The highest BCUT2D eigenvalue weighted by Crippen LogP contribution is 1.91. The number of rotatable bonds is 0. The second kappa shape index (κ2) is 6.44. The molecule has 0 fully saturated rings. The van der Waals surface area contributed by atoms with Gasteiger partial charge < -0.3 is 0 Å². The molecule has 0 bridgehead atoms. The Bertz CT molecular complexity index is 90.7. The molecule has 0 saturated carbocycles. The van der Waals surface area contributed by atoms with Gasteiger partial charge in [-0.25, -0.2) is 0 Å². The third-order valence-electron chi connectivity index (χ3n) is 0.425. The molecule has 0 amide bonds. The molecule has 0 N–H and O–H groups in total. The van der Waals surface area contributed by atoms with Crippen LogP contribution < -0.4 is 0 Å². The van der Waals surface area contributed by atoms with E-state index >= 15 is 0 Å². The molecule has 1 heteroatoms. The second-order valence-electron chi connectivity index (χ2n) is 1.20. The molecule has 0 aliphatic rings. The van der Waals surface area contributed by atoms with Gasteiger partial charge in [-0.15, -0.1) is 6.58 Å². The van der Waals surface area contributed by atoms with Crippen molar-refractivity contribution in [1.29, 1.82) is 0 Å². The van der Waals surface area contributed by atoms with Crippen LogP contribution in [-0.2, 0) is 0 Å². The lowest BCUT2D eigenvalue weighted by Crippen LogP contribution is -1.16. The number of hydrogen-bond acceptors (Lipinski definition) is 1. The molecule has 44 valence electrons. The molecule has 0 radical (unpaired) electrons. The van der Waals surface area contributed by atoms with Crippen LogP contribution in [-0.4, -0.2) is 0 Å². The minimum absolute atomic E-state index is 1.71. The van der Waals surface area contributed by atoms with Gasteiger partial charge in [0.2, 0.25) is 0 Å². The van der Waals surface area contributed by atoms with Crippen LogP contribution in [0.15, 0.2) is 35.5 Å². The molecule has 0 aromatic carbocycles. The van der Waals surface area contributed by atoms with E-state index in [1.807, 2.05) is 29.8 Å². The Kier molecular flexibility index (Phi) is 5.99. The predicted molar refractivity (Wildman–Crippen MR) is 40.2 cm³/mol. The topological polar surface area (TPSA) is 0 Å². The first-order valence-corrected chi connectivity index (χ1v) is 3.40. The van der Waals surface area contributed by atoms with Crippen molar-refractivity contribution >= 4 is 11.3 Å². The summed E-state index contributed by atoms with van der Waals surface area (Å²) >= 11 is 1.71. The quantitative estimate of drug-likeness (QED) is 0.469. The number of hydrogen-bond donors (Lipinski definition) is 0. The molecule has 0 atom stereocenters. The SMILES string of the molecule is C=CC.c1ccsc1. The fourth-order valence-electron chi connectivity index (χ4n) is 0.227. The largest absolute Gasteiger partial charge is 0.152 e. The Morgan fingerprint density at radius 1 is 1.38 bits per heavy atom. The molecule has 0 saturated heterocycles. The van der Waals surface area contributed by atoms with E-state index in [1.54, 1.807) is 17.4 Å². The summed E-state index contributed by atoms with van der Waals surface area (Å²) < 4.78 is 0. The molecule has 1 aromatic heterocycles. The molecule has 1 rings (SSSR count). The van der Waals surface area contributed by atoms with E-state index in [0.717, 1.165) is 0 Å². The zero-order valence-electron chi connectivity index (χ0n) is 5.00. The minimum atomic E-state index is 1.71. The van der Waals surface area contributed by atoms with Crippen molar-refractivity contribution in [3.05, 3.63) is 35.5 Å². The molecular weight excluding hydrogens is 116 g/mol. The van der Waals surface area contributed by atoms with Gasteiger partial charge in [0, 0.05) is 0 Å². The monoisotopic (exact) mass is 126 g/mol. The lowest BCUT2D eigenvalue weighted by Gasteiger charge is -1.39. The fraction of sp³-hybridized carbons (Fsp3) is 0.143. The third kappa shape index (κ3) is 5.44. The van der Waals surface area contributed by atoms with Gasteiger partial charge in [-0.2, -0.15) is 11.3 Å². The van der Waals surface area contributed by atoms with Crippen LogP contribution in [0.4, 0.5) is 0 Å². The average molecular weight is 126 g/mol. The van der Waals surface area contributed by atoms with Crippen LogP contribution in [0.3, 0.4) is 0 Å². The van der Waals surface area contributed by atoms with Crippen molar-refractivity contribution in [3.63, 3.8) is 0 Å². The van der Waals surface area contributed by atoms with E-state index in [9.17, 15) is 0 Å². The minimum Gasteiger partial charge on any atom is -0.152 e. The van der Waals surface area contributed by atoms with Gasteiger partial charge in [0.25, 0.3) is 0 Å². The zero-order valence-corrected chi connectivity index (χ0v) is 5.82. The first-order chi connectivity index (χ1) is 3.91. The second-order valence-corrected chi connectivity index (χ2v) is 2.02. The molecule has 0 nitrogen and oxygen atoms in total. The highest BCUT2D eigenvalue weighted by Gasteiger charge is 1.58. The van der Waals surface area contributed by atoms with Crippen LogP contribution in [0.25, 0.3) is 0 Å². The van der Waals surface area contributed by atoms with Gasteiger partial charge >= 0.3 is 0 Å². The summed E-state index contributed by atoms with van der Waals surface area (Å²) in [5.41, 5.74) is 0. The van der Waals surface area contributed by atoms with Crippen LogP contribution in [0.2, 0.25) is 0 Å². The lowest BCUT2D eigenvalue weighted by molar-refractivity contribution is 1.80. The van der Waals surface area contributed by atoms with Gasteiger partial charge in [-0.1, -0.05) is 18.2 Å². The number of thiophene rings is 1. The molecular formula is C7H10S. The summed E-state index contributed by atoms with van der Waals surface area (Å²) in [7, 11) is 0. The summed E-state index contributed by atoms with van der Waals surface area (Å²) in [5.74, 6) is 0. The van der Waals surface area contributed by atoms with Crippen molar-refractivity contribution in [2.75, 3.05) is 0 Å². The summed E-state index contributed by atoms with van der Waals surface area (Å²) in [5, 5.41) is 4.08. The Hall–Kier alpha value is -0.560.